The van der Waals surface area contributed by atoms with Crippen molar-refractivity contribution in [1.29, 1.82) is 5.26 Å². The average molecular weight is 529 g/mol. The molecule has 0 aliphatic carbocycles. The quantitative estimate of drug-likeness (QED) is 0.375. The number of piperazine rings is 1. The summed E-state index contributed by atoms with van der Waals surface area (Å²) in [6.45, 7) is 10.4. The molecule has 5 rings (SSSR count). The molecule has 1 aromatic carbocycles. The van der Waals surface area contributed by atoms with Crippen LogP contribution in [0, 0.1) is 17.1 Å². The molecule has 0 saturated carbocycles. The number of carbonyl (C=O) groups is 1. The Hall–Kier alpha value is -4.59. The van der Waals surface area contributed by atoms with Crippen LogP contribution < -0.4 is 4.90 Å². The van der Waals surface area contributed by atoms with Crippen molar-refractivity contribution in [3.05, 3.63) is 60.6 Å². The minimum atomic E-state index is -0.599. The number of hydrogen-bond donors (Lipinski definition) is 0. The van der Waals surface area contributed by atoms with Gasteiger partial charge in [-0.3, -0.25) is 4.57 Å². The lowest BCUT2D eigenvalue weighted by Gasteiger charge is -2.44. The third-order valence-corrected chi connectivity index (χ3v) is 6.59. The number of rotatable bonds is 3. The van der Waals surface area contributed by atoms with Gasteiger partial charge in [0.2, 0.25) is 5.95 Å². The van der Waals surface area contributed by atoms with Crippen molar-refractivity contribution in [2.45, 2.75) is 52.3 Å². The van der Waals surface area contributed by atoms with E-state index in [9.17, 15) is 10.1 Å². The van der Waals surface area contributed by atoms with E-state index in [0.29, 0.717) is 41.1 Å². The zero-order valence-corrected chi connectivity index (χ0v) is 22.5. The number of hydrogen-bond acceptors (Lipinski definition) is 8. The molecule has 0 unspecified atom stereocenters. The number of aromatic nitrogens is 5. The van der Waals surface area contributed by atoms with Gasteiger partial charge in [-0.15, -0.1) is 0 Å². The highest BCUT2D eigenvalue weighted by atomic mass is 19.1. The first-order valence-corrected chi connectivity index (χ1v) is 12.7. The molecule has 1 aliphatic rings. The Balaban J connectivity index is 1.64. The predicted octanol–water partition coefficient (Wildman–Crippen LogP) is 4.72. The third kappa shape index (κ3) is 4.97. The number of nitrogens with zero attached hydrogens (tertiary/aromatic N) is 8. The summed E-state index contributed by atoms with van der Waals surface area (Å²) in [5.41, 5.74) is 1.02. The topological polar surface area (TPSA) is 113 Å². The SMILES string of the molecule is C[C@@H]1CN(c2ncnc3c2c(-c2ccccc2F)cn3-c2nccc(C#N)n2)[C@@H](C)CN1C(=O)OC(C)(C)C. The number of amides is 1. The van der Waals surface area contributed by atoms with E-state index in [-0.39, 0.29) is 29.8 Å². The zero-order valence-electron chi connectivity index (χ0n) is 22.5. The van der Waals surface area contributed by atoms with Crippen molar-refractivity contribution in [1.82, 2.24) is 29.4 Å². The van der Waals surface area contributed by atoms with Crippen molar-refractivity contribution < 1.29 is 13.9 Å². The van der Waals surface area contributed by atoms with Gasteiger partial charge in [-0.2, -0.15) is 5.26 Å². The van der Waals surface area contributed by atoms with Gasteiger partial charge >= 0.3 is 6.09 Å². The lowest BCUT2D eigenvalue weighted by atomic mass is 10.0. The molecule has 4 aromatic rings. The summed E-state index contributed by atoms with van der Waals surface area (Å²) in [6.07, 6.45) is 4.31. The molecule has 0 radical (unpaired) electrons. The van der Waals surface area contributed by atoms with Gasteiger partial charge in [0.25, 0.3) is 0 Å². The molecule has 1 fully saturated rings. The third-order valence-electron chi connectivity index (χ3n) is 6.59. The van der Waals surface area contributed by atoms with Crippen LogP contribution in [-0.2, 0) is 4.74 Å². The fourth-order valence-electron chi connectivity index (χ4n) is 4.82. The molecule has 3 aromatic heterocycles. The predicted molar refractivity (Wildman–Crippen MR) is 144 cm³/mol. The molecule has 0 bridgehead atoms. The highest BCUT2D eigenvalue weighted by molar-refractivity contribution is 6.02. The van der Waals surface area contributed by atoms with Crippen LogP contribution in [-0.4, -0.2) is 66.3 Å². The van der Waals surface area contributed by atoms with Gasteiger partial charge in [-0.1, -0.05) is 18.2 Å². The molecular formula is C28H29FN8O2. The van der Waals surface area contributed by atoms with E-state index in [1.54, 1.807) is 33.9 Å². The Bertz CT molecular complexity index is 1590. The van der Waals surface area contributed by atoms with Crippen molar-refractivity contribution >= 4 is 22.9 Å². The minimum Gasteiger partial charge on any atom is -0.444 e. The van der Waals surface area contributed by atoms with E-state index < -0.39 is 11.4 Å². The van der Waals surface area contributed by atoms with Crippen LogP contribution >= 0.6 is 0 Å². The first-order valence-electron chi connectivity index (χ1n) is 12.7. The summed E-state index contributed by atoms with van der Waals surface area (Å²) in [5, 5.41) is 9.99. The molecule has 39 heavy (non-hydrogen) atoms. The molecule has 0 N–H and O–H groups in total. The second kappa shape index (κ2) is 9.94. The van der Waals surface area contributed by atoms with E-state index in [0.717, 1.165) is 0 Å². The number of benzene rings is 1. The number of carbonyl (C=O) groups excluding carboxylic acids is 1. The maximum atomic E-state index is 15.1. The van der Waals surface area contributed by atoms with E-state index in [2.05, 4.69) is 24.8 Å². The van der Waals surface area contributed by atoms with Crippen LogP contribution in [0.25, 0.3) is 28.1 Å². The van der Waals surface area contributed by atoms with Gasteiger partial charge in [0, 0.05) is 48.7 Å². The van der Waals surface area contributed by atoms with Crippen molar-refractivity contribution in [2.75, 3.05) is 18.0 Å². The van der Waals surface area contributed by atoms with E-state index in [4.69, 9.17) is 4.74 Å². The summed E-state index contributed by atoms with van der Waals surface area (Å²) >= 11 is 0. The molecule has 10 nitrogen and oxygen atoms in total. The Kier molecular flexibility index (Phi) is 6.64. The molecule has 2 atom stereocenters. The Morgan fingerprint density at radius 2 is 1.85 bits per heavy atom. The minimum absolute atomic E-state index is 0.123. The van der Waals surface area contributed by atoms with Crippen molar-refractivity contribution in [3.8, 4) is 23.1 Å². The fourth-order valence-corrected chi connectivity index (χ4v) is 4.82. The normalized spacial score (nSPS) is 17.8. The zero-order chi connectivity index (χ0) is 27.9. The maximum Gasteiger partial charge on any atom is 0.410 e. The highest BCUT2D eigenvalue weighted by Gasteiger charge is 2.36. The van der Waals surface area contributed by atoms with Crippen LogP contribution in [0.1, 0.15) is 40.3 Å². The average Bonchev–Trinajstić information content (AvgIpc) is 3.29. The summed E-state index contributed by atoms with van der Waals surface area (Å²) in [7, 11) is 0. The number of nitriles is 1. The molecule has 1 amide bonds. The largest absolute Gasteiger partial charge is 0.444 e. The Labute approximate surface area is 225 Å². The second-order valence-corrected chi connectivity index (χ2v) is 10.6. The molecule has 11 heteroatoms. The summed E-state index contributed by atoms with van der Waals surface area (Å²) in [6, 6.07) is 9.75. The number of anilines is 1. The summed E-state index contributed by atoms with van der Waals surface area (Å²) < 4.78 is 22.4. The smallest absolute Gasteiger partial charge is 0.410 e. The van der Waals surface area contributed by atoms with Crippen molar-refractivity contribution in [3.63, 3.8) is 0 Å². The van der Waals surface area contributed by atoms with Gasteiger partial charge in [0.15, 0.2) is 5.65 Å². The van der Waals surface area contributed by atoms with Crippen LogP contribution in [0.15, 0.2) is 49.1 Å². The molecule has 200 valence electrons. The van der Waals surface area contributed by atoms with E-state index in [1.807, 2.05) is 40.7 Å². The van der Waals surface area contributed by atoms with E-state index >= 15 is 4.39 Å². The Morgan fingerprint density at radius 1 is 1.08 bits per heavy atom. The van der Waals surface area contributed by atoms with Gasteiger partial charge in [-0.05, 0) is 46.8 Å². The van der Waals surface area contributed by atoms with Gasteiger partial charge in [0.1, 0.15) is 35.3 Å². The summed E-state index contributed by atoms with van der Waals surface area (Å²) in [5.74, 6) is 0.452. The Morgan fingerprint density at radius 3 is 2.56 bits per heavy atom. The molecule has 1 aliphatic heterocycles. The number of fused-ring (bicyclic) bond motifs is 1. The summed E-state index contributed by atoms with van der Waals surface area (Å²) in [4.78, 5) is 34.6. The van der Waals surface area contributed by atoms with Gasteiger partial charge < -0.3 is 14.5 Å². The van der Waals surface area contributed by atoms with E-state index in [1.165, 1.54) is 24.7 Å². The first kappa shape index (κ1) is 26.0. The first-order chi connectivity index (χ1) is 18.6. The van der Waals surface area contributed by atoms with Gasteiger partial charge in [0.05, 0.1) is 5.39 Å². The fraction of sp³-hybridized carbons (Fsp3) is 0.357. The van der Waals surface area contributed by atoms with Crippen LogP contribution in [0.3, 0.4) is 0 Å². The lowest BCUT2D eigenvalue weighted by Crippen LogP contribution is -2.59. The lowest BCUT2D eigenvalue weighted by molar-refractivity contribution is 0.0130. The monoisotopic (exact) mass is 528 g/mol. The van der Waals surface area contributed by atoms with Crippen molar-refractivity contribution in [2.24, 2.45) is 0 Å². The molecule has 1 saturated heterocycles. The van der Waals surface area contributed by atoms with Crippen LogP contribution in [0.2, 0.25) is 0 Å². The number of halogens is 1. The standard InChI is InChI=1S/C28H29FN8O2/c1-17-14-36(27(38)39-28(3,4)5)18(2)13-35(17)24-23-21(20-8-6-7-9-22(20)29)15-37(25(23)33-16-32-24)26-31-11-10-19(12-30)34-26/h6-11,15-18H,13-14H2,1-5H3/t17-,18+/m0/s1. The molecule has 0 spiro atoms. The van der Waals surface area contributed by atoms with Crippen LogP contribution in [0.4, 0.5) is 15.0 Å². The molecule has 4 heterocycles. The molecular weight excluding hydrogens is 499 g/mol. The second-order valence-electron chi connectivity index (χ2n) is 10.6. The maximum absolute atomic E-state index is 15.1. The highest BCUT2D eigenvalue weighted by Crippen LogP contribution is 2.38. The van der Waals surface area contributed by atoms with Gasteiger partial charge in [-0.25, -0.2) is 29.1 Å². The number of ether oxygens (including phenoxy) is 1. The van der Waals surface area contributed by atoms with Crippen LogP contribution in [0.5, 0.6) is 0 Å².